The Balaban J connectivity index is 2.02. The smallest absolute Gasteiger partial charge is 0.332 e. The topological polar surface area (TPSA) is 171 Å². The number of esters is 2. The van der Waals surface area contributed by atoms with Gasteiger partial charge in [0.15, 0.2) is 17.8 Å². The third kappa shape index (κ3) is 9.97. The highest BCUT2D eigenvalue weighted by Crippen LogP contribution is 2.34. The summed E-state index contributed by atoms with van der Waals surface area (Å²) in [5.41, 5.74) is 6.72. The number of fused-ring (bicyclic) bond motifs is 1. The highest BCUT2D eigenvalue weighted by molar-refractivity contribution is 7.45. The Morgan fingerprint density at radius 2 is 1.76 bits per heavy atom. The third-order valence-electron chi connectivity index (χ3n) is 4.60. The SMILES string of the molecule is CCC(COP(NCC(=O)OC(C)C)OCC(=O)OC(C)C)O[C@H](C)n1cnc2c(OC)nc(N)nc21. The zero-order valence-electron chi connectivity index (χ0n) is 22.3. The van der Waals surface area contributed by atoms with Crippen molar-refractivity contribution in [3.05, 3.63) is 6.33 Å². The Kier molecular flexibility index (Phi) is 12.3. The number of carbonyl (C=O) groups is 2. The van der Waals surface area contributed by atoms with Crippen LogP contribution in [0.2, 0.25) is 0 Å². The molecule has 0 radical (unpaired) electrons. The van der Waals surface area contributed by atoms with E-state index in [4.69, 9.17) is 33.7 Å². The first-order chi connectivity index (χ1) is 17.5. The van der Waals surface area contributed by atoms with Gasteiger partial charge < -0.3 is 33.7 Å². The lowest BCUT2D eigenvalue weighted by Crippen LogP contribution is -2.28. The minimum absolute atomic E-state index is 0.0505. The van der Waals surface area contributed by atoms with Crippen LogP contribution in [0.15, 0.2) is 6.33 Å². The van der Waals surface area contributed by atoms with E-state index in [0.29, 0.717) is 17.6 Å². The molecule has 14 nitrogen and oxygen atoms in total. The molecule has 208 valence electrons. The number of ether oxygens (including phenoxy) is 4. The molecule has 0 aliphatic heterocycles. The monoisotopic (exact) mass is 544 g/mol. The Morgan fingerprint density at radius 3 is 2.38 bits per heavy atom. The minimum atomic E-state index is -1.83. The maximum Gasteiger partial charge on any atom is 0.332 e. The van der Waals surface area contributed by atoms with Crippen molar-refractivity contribution in [2.24, 2.45) is 0 Å². The lowest BCUT2D eigenvalue weighted by molar-refractivity contribution is -0.149. The lowest BCUT2D eigenvalue weighted by atomic mass is 10.3. The fourth-order valence-corrected chi connectivity index (χ4v) is 4.07. The lowest BCUT2D eigenvalue weighted by Gasteiger charge is -2.24. The van der Waals surface area contributed by atoms with Crippen molar-refractivity contribution in [3.8, 4) is 5.88 Å². The molecular weight excluding hydrogens is 507 g/mol. The van der Waals surface area contributed by atoms with E-state index < -0.39 is 26.7 Å². The number of rotatable bonds is 16. The molecular formula is C22H37N6O8P. The first kappa shape index (κ1) is 30.6. The van der Waals surface area contributed by atoms with Crippen LogP contribution in [-0.4, -0.2) is 76.6 Å². The molecule has 0 saturated carbocycles. The third-order valence-corrected chi connectivity index (χ3v) is 5.76. The summed E-state index contributed by atoms with van der Waals surface area (Å²) < 4.78 is 34.8. The molecule has 15 heteroatoms. The van der Waals surface area contributed by atoms with Crippen LogP contribution in [0.3, 0.4) is 0 Å². The molecule has 0 aliphatic rings. The average Bonchev–Trinajstić information content (AvgIpc) is 3.24. The number of methoxy groups -OCH3 is 1. The summed E-state index contributed by atoms with van der Waals surface area (Å²) in [6.45, 7) is 10.4. The highest BCUT2D eigenvalue weighted by atomic mass is 31.2. The number of nitrogens with zero attached hydrogens (tertiary/aromatic N) is 4. The molecule has 0 fully saturated rings. The summed E-state index contributed by atoms with van der Waals surface area (Å²) in [5.74, 6) is -0.697. The van der Waals surface area contributed by atoms with E-state index in [-0.39, 0.29) is 49.9 Å². The minimum Gasteiger partial charge on any atom is -0.479 e. The van der Waals surface area contributed by atoms with E-state index in [1.807, 2.05) is 13.8 Å². The van der Waals surface area contributed by atoms with Crippen molar-refractivity contribution in [1.29, 1.82) is 0 Å². The van der Waals surface area contributed by atoms with Gasteiger partial charge in [-0.05, 0) is 41.0 Å². The fraction of sp³-hybridized carbons (Fsp3) is 0.682. The first-order valence-corrected chi connectivity index (χ1v) is 13.1. The molecule has 3 atom stereocenters. The number of nitrogens with one attached hydrogen (secondary N) is 1. The van der Waals surface area contributed by atoms with Crippen molar-refractivity contribution >= 4 is 37.6 Å². The van der Waals surface area contributed by atoms with Gasteiger partial charge in [-0.25, -0.2) is 14.9 Å². The Morgan fingerprint density at radius 1 is 1.08 bits per heavy atom. The second kappa shape index (κ2) is 14.9. The molecule has 2 rings (SSSR count). The predicted octanol–water partition coefficient (Wildman–Crippen LogP) is 2.48. The fourth-order valence-electron chi connectivity index (χ4n) is 3.03. The number of nitrogen functional groups attached to an aromatic ring is 1. The van der Waals surface area contributed by atoms with E-state index >= 15 is 0 Å². The predicted molar refractivity (Wildman–Crippen MR) is 135 cm³/mol. The summed E-state index contributed by atoms with van der Waals surface area (Å²) >= 11 is 0. The molecule has 0 amide bonds. The number of carbonyl (C=O) groups excluding carboxylic acids is 2. The van der Waals surface area contributed by atoms with Crippen molar-refractivity contribution in [2.75, 3.05) is 32.6 Å². The summed E-state index contributed by atoms with van der Waals surface area (Å²) in [5, 5.41) is 2.86. The number of anilines is 1. The van der Waals surface area contributed by atoms with E-state index in [1.54, 1.807) is 38.6 Å². The van der Waals surface area contributed by atoms with E-state index in [1.165, 1.54) is 7.11 Å². The second-order valence-electron chi connectivity index (χ2n) is 8.42. The van der Waals surface area contributed by atoms with Gasteiger partial charge in [0, 0.05) is 0 Å². The highest BCUT2D eigenvalue weighted by Gasteiger charge is 2.22. The Hall–Kier alpha value is -2.64. The summed E-state index contributed by atoms with van der Waals surface area (Å²) in [4.78, 5) is 36.5. The molecule has 3 N–H and O–H groups in total. The van der Waals surface area contributed by atoms with Gasteiger partial charge in [0.1, 0.15) is 12.8 Å². The standard InChI is InChI=1S/C22H37N6O8P/c1-8-16(36-15(6)28-12-24-19-20(28)26-22(23)27-21(19)31-7)10-32-37(25-9-17(29)34-13(2)3)33-11-18(30)35-14(4)5/h12-16,25H,8-11H2,1-7H3,(H2,23,26,27)/t15-,16?,37?/m1/s1. The number of imidazole rings is 1. The number of hydrogen-bond acceptors (Lipinski definition) is 13. The molecule has 0 saturated heterocycles. The number of nitrogens with two attached hydrogens (primary N) is 1. The van der Waals surface area contributed by atoms with E-state index in [2.05, 4.69) is 20.0 Å². The van der Waals surface area contributed by atoms with Crippen LogP contribution in [-0.2, 0) is 32.8 Å². The van der Waals surface area contributed by atoms with Crippen LogP contribution in [0.5, 0.6) is 5.88 Å². The van der Waals surface area contributed by atoms with Crippen molar-refractivity contribution < 1.29 is 37.6 Å². The van der Waals surface area contributed by atoms with Gasteiger partial charge in [0.25, 0.3) is 8.53 Å². The molecule has 2 aromatic rings. The molecule has 2 aromatic heterocycles. The second-order valence-corrected chi connectivity index (χ2v) is 9.77. The van der Waals surface area contributed by atoms with Gasteiger partial charge in [-0.3, -0.25) is 9.36 Å². The van der Waals surface area contributed by atoms with Gasteiger partial charge in [-0.15, -0.1) is 0 Å². The molecule has 0 aromatic carbocycles. The van der Waals surface area contributed by atoms with Crippen LogP contribution in [0, 0.1) is 0 Å². The quantitative estimate of drug-likeness (QED) is 0.233. The van der Waals surface area contributed by atoms with Crippen LogP contribution in [0.1, 0.15) is 54.2 Å². The molecule has 2 unspecified atom stereocenters. The van der Waals surface area contributed by atoms with Crippen LogP contribution >= 0.6 is 8.53 Å². The zero-order valence-corrected chi connectivity index (χ0v) is 23.2. The molecule has 2 heterocycles. The largest absolute Gasteiger partial charge is 0.479 e. The summed E-state index contributed by atoms with van der Waals surface area (Å²) in [7, 11) is -0.351. The summed E-state index contributed by atoms with van der Waals surface area (Å²) in [6.07, 6.45) is 0.774. The molecule has 0 aliphatic carbocycles. The number of aromatic nitrogens is 4. The Bertz CT molecular complexity index is 994. The van der Waals surface area contributed by atoms with Crippen molar-refractivity contribution in [2.45, 2.75) is 72.5 Å². The van der Waals surface area contributed by atoms with Crippen LogP contribution in [0.4, 0.5) is 5.95 Å². The summed E-state index contributed by atoms with van der Waals surface area (Å²) in [6, 6.07) is 0. The zero-order chi connectivity index (χ0) is 27.5. The molecule has 0 bridgehead atoms. The van der Waals surface area contributed by atoms with Gasteiger partial charge in [-0.2, -0.15) is 9.97 Å². The number of hydrogen-bond donors (Lipinski definition) is 2. The van der Waals surface area contributed by atoms with Gasteiger partial charge in [0.2, 0.25) is 11.8 Å². The average molecular weight is 545 g/mol. The van der Waals surface area contributed by atoms with Crippen molar-refractivity contribution in [3.63, 3.8) is 0 Å². The molecule has 0 spiro atoms. The Labute approximate surface area is 217 Å². The first-order valence-electron chi connectivity index (χ1n) is 11.9. The normalized spacial score (nSPS) is 14.1. The van der Waals surface area contributed by atoms with Gasteiger partial charge in [0.05, 0.1) is 38.4 Å². The van der Waals surface area contributed by atoms with E-state index in [0.717, 1.165) is 0 Å². The van der Waals surface area contributed by atoms with Gasteiger partial charge in [-0.1, -0.05) is 6.92 Å². The van der Waals surface area contributed by atoms with Gasteiger partial charge >= 0.3 is 11.9 Å². The van der Waals surface area contributed by atoms with Crippen LogP contribution in [0.25, 0.3) is 11.2 Å². The van der Waals surface area contributed by atoms with Crippen molar-refractivity contribution in [1.82, 2.24) is 24.6 Å². The van der Waals surface area contributed by atoms with E-state index in [9.17, 15) is 9.59 Å². The maximum atomic E-state index is 12.0. The molecule has 37 heavy (non-hydrogen) atoms. The van der Waals surface area contributed by atoms with Crippen LogP contribution < -0.4 is 15.6 Å². The maximum absolute atomic E-state index is 12.0.